The Bertz CT molecular complexity index is 556. The van der Waals surface area contributed by atoms with Crippen molar-refractivity contribution >= 4 is 22.7 Å². The van der Waals surface area contributed by atoms with E-state index in [9.17, 15) is 9.59 Å². The Hall–Kier alpha value is -2.30. The van der Waals surface area contributed by atoms with Crippen molar-refractivity contribution in [3.63, 3.8) is 0 Å². The van der Waals surface area contributed by atoms with Crippen LogP contribution in [-0.4, -0.2) is 22.8 Å². The van der Waals surface area contributed by atoms with Crippen LogP contribution in [0.25, 0.3) is 10.9 Å². The zero-order valence-electron chi connectivity index (χ0n) is 10.1. The standard InChI is InChI=1S/C13H15N3O2/c1-8(6-12(14)17)15-13(18)11-7-9-4-2-3-5-10(9)16-11/h2-5,7-8,16H,6H2,1H3,(H2,14,17)(H,15,18). The SMILES string of the molecule is CC(CC(N)=O)NC(=O)c1cc2ccccc2[nH]1. The minimum atomic E-state index is -0.431. The summed E-state index contributed by atoms with van der Waals surface area (Å²) >= 11 is 0. The molecule has 2 rings (SSSR count). The predicted molar refractivity (Wildman–Crippen MR) is 69.0 cm³/mol. The molecule has 0 aliphatic carbocycles. The van der Waals surface area contributed by atoms with Crippen LogP contribution in [0.1, 0.15) is 23.8 Å². The van der Waals surface area contributed by atoms with Gasteiger partial charge in [0, 0.05) is 23.4 Å². The maximum absolute atomic E-state index is 11.9. The molecule has 1 atom stereocenters. The Morgan fingerprint density at radius 1 is 1.39 bits per heavy atom. The lowest BCUT2D eigenvalue weighted by molar-refractivity contribution is -0.118. The third kappa shape index (κ3) is 2.68. The first-order valence-corrected chi connectivity index (χ1v) is 5.73. The molecule has 0 saturated heterocycles. The highest BCUT2D eigenvalue weighted by Gasteiger charge is 2.13. The summed E-state index contributed by atoms with van der Waals surface area (Å²) in [6.45, 7) is 1.74. The Morgan fingerprint density at radius 3 is 2.78 bits per heavy atom. The maximum atomic E-state index is 11.9. The van der Waals surface area contributed by atoms with E-state index in [1.807, 2.05) is 24.3 Å². The summed E-state index contributed by atoms with van der Waals surface area (Å²) in [4.78, 5) is 25.7. The topological polar surface area (TPSA) is 88.0 Å². The van der Waals surface area contributed by atoms with E-state index >= 15 is 0 Å². The number of aromatic nitrogens is 1. The van der Waals surface area contributed by atoms with Crippen LogP contribution in [0.2, 0.25) is 0 Å². The van der Waals surface area contributed by atoms with Gasteiger partial charge in [-0.3, -0.25) is 9.59 Å². The summed E-state index contributed by atoms with van der Waals surface area (Å²) in [7, 11) is 0. The molecular formula is C13H15N3O2. The smallest absolute Gasteiger partial charge is 0.267 e. The fraction of sp³-hybridized carbons (Fsp3) is 0.231. The number of nitrogens with two attached hydrogens (primary N) is 1. The normalized spacial score (nSPS) is 12.3. The molecule has 2 aromatic rings. The molecule has 5 heteroatoms. The van der Waals surface area contributed by atoms with Gasteiger partial charge in [0.15, 0.2) is 0 Å². The van der Waals surface area contributed by atoms with Gasteiger partial charge < -0.3 is 16.0 Å². The zero-order valence-corrected chi connectivity index (χ0v) is 10.1. The molecule has 0 aliphatic rings. The number of nitrogens with one attached hydrogen (secondary N) is 2. The Balaban J connectivity index is 2.11. The number of carbonyl (C=O) groups excluding carboxylic acids is 2. The first-order valence-electron chi connectivity index (χ1n) is 5.73. The molecule has 1 aromatic carbocycles. The quantitative estimate of drug-likeness (QED) is 0.754. The van der Waals surface area contributed by atoms with E-state index in [0.29, 0.717) is 5.69 Å². The highest BCUT2D eigenvalue weighted by molar-refractivity contribution is 5.98. The van der Waals surface area contributed by atoms with Gasteiger partial charge in [0.2, 0.25) is 5.91 Å². The van der Waals surface area contributed by atoms with Crippen LogP contribution < -0.4 is 11.1 Å². The number of carbonyl (C=O) groups is 2. The summed E-state index contributed by atoms with van der Waals surface area (Å²) in [5.41, 5.74) is 6.46. The monoisotopic (exact) mass is 245 g/mol. The lowest BCUT2D eigenvalue weighted by Gasteiger charge is -2.10. The van der Waals surface area contributed by atoms with Gasteiger partial charge in [-0.05, 0) is 19.1 Å². The fourth-order valence-electron chi connectivity index (χ4n) is 1.85. The van der Waals surface area contributed by atoms with Crippen molar-refractivity contribution in [2.24, 2.45) is 5.73 Å². The summed E-state index contributed by atoms with van der Waals surface area (Å²) in [5, 5.41) is 3.69. The molecule has 0 aliphatic heterocycles. The number of aromatic amines is 1. The van der Waals surface area contributed by atoms with E-state index in [-0.39, 0.29) is 18.4 Å². The van der Waals surface area contributed by atoms with Crippen molar-refractivity contribution in [1.29, 1.82) is 0 Å². The highest BCUT2D eigenvalue weighted by Crippen LogP contribution is 2.14. The number of primary amides is 1. The van der Waals surface area contributed by atoms with Crippen LogP contribution in [0.3, 0.4) is 0 Å². The third-order valence-electron chi connectivity index (χ3n) is 2.66. The Morgan fingerprint density at radius 2 is 2.11 bits per heavy atom. The Kier molecular flexibility index (Phi) is 3.32. The molecule has 4 N–H and O–H groups in total. The number of amides is 2. The molecule has 0 fully saturated rings. The number of para-hydroxylation sites is 1. The first kappa shape index (κ1) is 12.2. The summed E-state index contributed by atoms with van der Waals surface area (Å²) in [6, 6.07) is 9.14. The lowest BCUT2D eigenvalue weighted by atomic mass is 10.2. The number of H-pyrrole nitrogens is 1. The van der Waals surface area contributed by atoms with Crippen LogP contribution in [-0.2, 0) is 4.79 Å². The Labute approximate surface area is 104 Å². The van der Waals surface area contributed by atoms with Crippen LogP contribution in [0.5, 0.6) is 0 Å². The molecule has 2 amide bonds. The first-order chi connectivity index (χ1) is 8.56. The van der Waals surface area contributed by atoms with Crippen molar-refractivity contribution in [1.82, 2.24) is 10.3 Å². The lowest BCUT2D eigenvalue weighted by Crippen LogP contribution is -2.35. The second-order valence-corrected chi connectivity index (χ2v) is 4.32. The van der Waals surface area contributed by atoms with Crippen LogP contribution in [0.15, 0.2) is 30.3 Å². The van der Waals surface area contributed by atoms with Crippen LogP contribution in [0, 0.1) is 0 Å². The second-order valence-electron chi connectivity index (χ2n) is 4.32. The molecule has 1 aromatic heterocycles. The van der Waals surface area contributed by atoms with E-state index in [4.69, 9.17) is 5.73 Å². The summed E-state index contributed by atoms with van der Waals surface area (Å²) in [5.74, 6) is -0.667. The summed E-state index contributed by atoms with van der Waals surface area (Å²) in [6.07, 6.45) is 0.131. The van der Waals surface area contributed by atoms with E-state index in [1.165, 1.54) is 0 Å². The molecule has 5 nitrogen and oxygen atoms in total. The van der Waals surface area contributed by atoms with Crippen molar-refractivity contribution < 1.29 is 9.59 Å². The van der Waals surface area contributed by atoms with Crippen molar-refractivity contribution in [2.75, 3.05) is 0 Å². The molecule has 0 bridgehead atoms. The fourth-order valence-corrected chi connectivity index (χ4v) is 1.85. The predicted octanol–water partition coefficient (Wildman–Crippen LogP) is 1.16. The molecule has 94 valence electrons. The molecule has 1 unspecified atom stereocenters. The molecule has 0 radical (unpaired) electrons. The van der Waals surface area contributed by atoms with Crippen molar-refractivity contribution in [3.05, 3.63) is 36.0 Å². The summed E-state index contributed by atoms with van der Waals surface area (Å²) < 4.78 is 0. The van der Waals surface area contributed by atoms with E-state index in [2.05, 4.69) is 10.3 Å². The van der Waals surface area contributed by atoms with Gasteiger partial charge in [-0.15, -0.1) is 0 Å². The van der Waals surface area contributed by atoms with E-state index in [1.54, 1.807) is 13.0 Å². The number of benzene rings is 1. The number of fused-ring (bicyclic) bond motifs is 1. The van der Waals surface area contributed by atoms with Gasteiger partial charge in [0.25, 0.3) is 5.91 Å². The van der Waals surface area contributed by atoms with Gasteiger partial charge in [0.05, 0.1) is 0 Å². The average Bonchev–Trinajstić information content (AvgIpc) is 2.71. The largest absolute Gasteiger partial charge is 0.370 e. The van der Waals surface area contributed by atoms with Gasteiger partial charge in [0.1, 0.15) is 5.69 Å². The van der Waals surface area contributed by atoms with E-state index in [0.717, 1.165) is 10.9 Å². The van der Waals surface area contributed by atoms with E-state index < -0.39 is 5.91 Å². The molecule has 0 spiro atoms. The van der Waals surface area contributed by atoms with Gasteiger partial charge in [-0.2, -0.15) is 0 Å². The van der Waals surface area contributed by atoms with Crippen LogP contribution >= 0.6 is 0 Å². The highest BCUT2D eigenvalue weighted by atomic mass is 16.2. The van der Waals surface area contributed by atoms with Crippen molar-refractivity contribution in [3.8, 4) is 0 Å². The minimum absolute atomic E-state index is 0.131. The zero-order chi connectivity index (χ0) is 13.1. The molecule has 0 saturated carbocycles. The second kappa shape index (κ2) is 4.91. The number of hydrogen-bond donors (Lipinski definition) is 3. The van der Waals surface area contributed by atoms with Gasteiger partial charge >= 0.3 is 0 Å². The average molecular weight is 245 g/mol. The number of hydrogen-bond acceptors (Lipinski definition) is 2. The van der Waals surface area contributed by atoms with Crippen molar-refractivity contribution in [2.45, 2.75) is 19.4 Å². The van der Waals surface area contributed by atoms with Gasteiger partial charge in [-0.1, -0.05) is 18.2 Å². The third-order valence-corrected chi connectivity index (χ3v) is 2.66. The molecule has 18 heavy (non-hydrogen) atoms. The number of rotatable bonds is 4. The van der Waals surface area contributed by atoms with Crippen LogP contribution in [0.4, 0.5) is 0 Å². The minimum Gasteiger partial charge on any atom is -0.370 e. The molecular weight excluding hydrogens is 230 g/mol. The van der Waals surface area contributed by atoms with Gasteiger partial charge in [-0.25, -0.2) is 0 Å². The maximum Gasteiger partial charge on any atom is 0.267 e. The molecule has 1 heterocycles.